The molecule has 0 bridgehead atoms. The van der Waals surface area contributed by atoms with E-state index in [1.807, 2.05) is 36.4 Å². The summed E-state index contributed by atoms with van der Waals surface area (Å²) < 4.78 is 5.49. The molecule has 8 nitrogen and oxygen atoms in total. The Morgan fingerprint density at radius 2 is 1.53 bits per heavy atom. The van der Waals surface area contributed by atoms with E-state index in [0.717, 1.165) is 22.3 Å². The molecule has 3 rings (SSSR count). The molecule has 2 aromatic rings. The predicted molar refractivity (Wildman–Crippen MR) is 118 cm³/mol. The molecule has 0 radical (unpaired) electrons. The molecular formula is C24H28N2O6. The highest BCUT2D eigenvalue weighted by Crippen LogP contribution is 2.44. The molecule has 2 aromatic carbocycles. The van der Waals surface area contributed by atoms with Gasteiger partial charge in [0.25, 0.3) is 0 Å². The van der Waals surface area contributed by atoms with Gasteiger partial charge >= 0.3 is 12.1 Å². The van der Waals surface area contributed by atoms with Crippen molar-refractivity contribution < 1.29 is 29.3 Å². The second-order valence-electron chi connectivity index (χ2n) is 7.96. The largest absolute Gasteiger partial charge is 0.480 e. The Kier molecular flexibility index (Phi) is 7.48. The number of aliphatic carboxylic acids is 1. The topological polar surface area (TPSA) is 125 Å². The van der Waals surface area contributed by atoms with Gasteiger partial charge in [0.1, 0.15) is 12.6 Å². The lowest BCUT2D eigenvalue weighted by molar-refractivity contribution is -0.143. The van der Waals surface area contributed by atoms with Gasteiger partial charge in [-0.25, -0.2) is 9.59 Å². The van der Waals surface area contributed by atoms with Crippen LogP contribution in [0, 0.1) is 5.92 Å². The van der Waals surface area contributed by atoms with Crippen molar-refractivity contribution in [3.8, 4) is 11.1 Å². The Hall–Kier alpha value is -3.39. The van der Waals surface area contributed by atoms with E-state index in [-0.39, 0.29) is 25.6 Å². The van der Waals surface area contributed by atoms with Gasteiger partial charge in [0.2, 0.25) is 5.91 Å². The van der Waals surface area contributed by atoms with Crippen LogP contribution in [-0.2, 0) is 14.3 Å². The third-order valence-electron chi connectivity index (χ3n) is 5.89. The number of fused-ring (bicyclic) bond motifs is 3. The maximum Gasteiger partial charge on any atom is 0.407 e. The van der Waals surface area contributed by atoms with Crippen LogP contribution in [0.4, 0.5) is 4.79 Å². The summed E-state index contributed by atoms with van der Waals surface area (Å²) in [5, 5.41) is 23.1. The van der Waals surface area contributed by atoms with E-state index in [9.17, 15) is 14.4 Å². The number of ether oxygens (including phenoxy) is 1. The first kappa shape index (κ1) is 23.3. The first-order chi connectivity index (χ1) is 15.3. The van der Waals surface area contributed by atoms with Crippen molar-refractivity contribution in [2.24, 2.45) is 5.92 Å². The molecule has 0 saturated carbocycles. The summed E-state index contributed by atoms with van der Waals surface area (Å²) in [5.74, 6) is -2.52. The van der Waals surface area contributed by atoms with Crippen LogP contribution in [0.3, 0.4) is 0 Å². The zero-order valence-corrected chi connectivity index (χ0v) is 18.1. The second kappa shape index (κ2) is 10.3. The Labute approximate surface area is 186 Å². The quantitative estimate of drug-likeness (QED) is 0.475. The van der Waals surface area contributed by atoms with Crippen LogP contribution in [-0.4, -0.2) is 53.5 Å². The van der Waals surface area contributed by atoms with Gasteiger partial charge in [-0.15, -0.1) is 0 Å². The Balaban J connectivity index is 1.57. The Bertz CT molecular complexity index is 946. The zero-order chi connectivity index (χ0) is 23.3. The van der Waals surface area contributed by atoms with Crippen LogP contribution in [0.2, 0.25) is 0 Å². The molecule has 4 N–H and O–H groups in total. The number of amides is 2. The second-order valence-corrected chi connectivity index (χ2v) is 7.96. The molecule has 2 unspecified atom stereocenters. The van der Waals surface area contributed by atoms with Crippen molar-refractivity contribution >= 4 is 18.0 Å². The molecule has 0 fully saturated rings. The number of benzene rings is 2. The molecule has 32 heavy (non-hydrogen) atoms. The summed E-state index contributed by atoms with van der Waals surface area (Å²) >= 11 is 0. The summed E-state index contributed by atoms with van der Waals surface area (Å²) in [4.78, 5) is 35.9. The lowest BCUT2D eigenvalue weighted by atomic mass is 9.98. The smallest absolute Gasteiger partial charge is 0.407 e. The van der Waals surface area contributed by atoms with Crippen LogP contribution in [0.5, 0.6) is 0 Å². The van der Waals surface area contributed by atoms with Crippen LogP contribution in [0.15, 0.2) is 48.5 Å². The van der Waals surface area contributed by atoms with Crippen molar-refractivity contribution in [1.82, 2.24) is 10.6 Å². The molecule has 0 heterocycles. The number of alkyl carbamates (subject to hydrolysis) is 1. The van der Waals surface area contributed by atoms with Crippen LogP contribution in [0.25, 0.3) is 11.1 Å². The Morgan fingerprint density at radius 1 is 0.969 bits per heavy atom. The molecule has 8 heteroatoms. The van der Waals surface area contributed by atoms with Gasteiger partial charge in [-0.3, -0.25) is 4.79 Å². The highest BCUT2D eigenvalue weighted by atomic mass is 16.5. The molecule has 0 aliphatic heterocycles. The fraction of sp³-hybridized carbons (Fsp3) is 0.375. The number of nitrogens with one attached hydrogen (secondary N) is 2. The van der Waals surface area contributed by atoms with E-state index in [1.165, 1.54) is 0 Å². The SMILES string of the molecule is CC(NC(=O)OCC1c2ccccc2-c2ccccc21)C(C)C(=O)N[C@@H](CCO)C(=O)O. The maximum atomic E-state index is 12.4. The number of carboxylic acids is 1. The van der Waals surface area contributed by atoms with Gasteiger partial charge in [-0.1, -0.05) is 55.5 Å². The van der Waals surface area contributed by atoms with Crippen LogP contribution < -0.4 is 10.6 Å². The van der Waals surface area contributed by atoms with Crippen molar-refractivity contribution in [2.45, 2.75) is 38.3 Å². The number of hydrogen-bond acceptors (Lipinski definition) is 5. The third-order valence-corrected chi connectivity index (χ3v) is 5.89. The summed E-state index contributed by atoms with van der Waals surface area (Å²) in [6.45, 7) is 3.03. The van der Waals surface area contributed by atoms with Gasteiger partial charge in [0.05, 0.1) is 5.92 Å². The number of carbonyl (C=O) groups is 3. The van der Waals surface area contributed by atoms with Crippen molar-refractivity contribution in [1.29, 1.82) is 0 Å². The summed E-state index contributed by atoms with van der Waals surface area (Å²) in [6.07, 6.45) is -0.744. The summed E-state index contributed by atoms with van der Waals surface area (Å²) in [6, 6.07) is 14.3. The van der Waals surface area contributed by atoms with Crippen molar-refractivity contribution in [3.05, 3.63) is 59.7 Å². The minimum absolute atomic E-state index is 0.0704. The van der Waals surface area contributed by atoms with Gasteiger partial charge in [-0.2, -0.15) is 0 Å². The van der Waals surface area contributed by atoms with E-state index < -0.39 is 36.0 Å². The van der Waals surface area contributed by atoms with E-state index in [2.05, 4.69) is 22.8 Å². The summed E-state index contributed by atoms with van der Waals surface area (Å²) in [5.41, 5.74) is 4.47. The maximum absolute atomic E-state index is 12.4. The van der Waals surface area contributed by atoms with Crippen LogP contribution >= 0.6 is 0 Å². The normalized spacial score (nSPS) is 15.1. The lowest BCUT2D eigenvalue weighted by Crippen LogP contribution is -2.49. The highest BCUT2D eigenvalue weighted by molar-refractivity contribution is 5.85. The third kappa shape index (κ3) is 5.08. The number of rotatable bonds is 9. The standard InChI is InChI=1S/C24H28N2O6/c1-14(22(28)26-21(11-12-27)23(29)30)15(2)25-24(31)32-13-20-18-9-5-3-7-16(18)17-8-4-6-10-19(17)20/h3-10,14-15,20-21,27H,11-13H2,1-2H3,(H,25,31)(H,26,28)(H,29,30)/t14?,15?,21-/m0/s1. The molecule has 0 aromatic heterocycles. The predicted octanol–water partition coefficient (Wildman–Crippen LogP) is 2.50. The van der Waals surface area contributed by atoms with E-state index in [1.54, 1.807) is 13.8 Å². The minimum Gasteiger partial charge on any atom is -0.480 e. The van der Waals surface area contributed by atoms with Crippen LogP contribution in [0.1, 0.15) is 37.3 Å². The number of carbonyl (C=O) groups excluding carboxylic acids is 2. The molecule has 3 atom stereocenters. The van der Waals surface area contributed by atoms with Gasteiger partial charge in [-0.05, 0) is 29.2 Å². The first-order valence-corrected chi connectivity index (χ1v) is 10.6. The number of aliphatic hydroxyl groups excluding tert-OH is 1. The fourth-order valence-corrected chi connectivity index (χ4v) is 3.87. The first-order valence-electron chi connectivity index (χ1n) is 10.6. The van der Waals surface area contributed by atoms with E-state index in [0.29, 0.717) is 0 Å². The van der Waals surface area contributed by atoms with Gasteiger partial charge in [0, 0.05) is 25.0 Å². The minimum atomic E-state index is -1.23. The van der Waals surface area contributed by atoms with E-state index >= 15 is 0 Å². The molecule has 2 amide bonds. The molecule has 0 saturated heterocycles. The number of aliphatic hydroxyl groups is 1. The number of carboxylic acid groups (broad SMARTS) is 1. The lowest BCUT2D eigenvalue weighted by Gasteiger charge is -2.23. The van der Waals surface area contributed by atoms with Crippen molar-refractivity contribution in [2.75, 3.05) is 13.2 Å². The molecule has 170 valence electrons. The highest BCUT2D eigenvalue weighted by Gasteiger charge is 2.30. The molecule has 0 spiro atoms. The van der Waals surface area contributed by atoms with Gasteiger partial charge < -0.3 is 25.6 Å². The van der Waals surface area contributed by atoms with Crippen molar-refractivity contribution in [3.63, 3.8) is 0 Å². The average Bonchev–Trinajstić information content (AvgIpc) is 3.10. The zero-order valence-electron chi connectivity index (χ0n) is 18.1. The molecule has 1 aliphatic carbocycles. The number of hydrogen-bond donors (Lipinski definition) is 4. The Morgan fingerprint density at radius 3 is 2.06 bits per heavy atom. The summed E-state index contributed by atoms with van der Waals surface area (Å²) in [7, 11) is 0. The fourth-order valence-electron chi connectivity index (χ4n) is 3.87. The monoisotopic (exact) mass is 440 g/mol. The molecular weight excluding hydrogens is 412 g/mol. The van der Waals surface area contributed by atoms with Gasteiger partial charge in [0.15, 0.2) is 0 Å². The molecule has 1 aliphatic rings. The van der Waals surface area contributed by atoms with E-state index in [4.69, 9.17) is 14.9 Å². The average molecular weight is 440 g/mol.